The van der Waals surface area contributed by atoms with Gasteiger partial charge in [0.1, 0.15) is 22.4 Å². The molecule has 2 aromatic carbocycles. The lowest BCUT2D eigenvalue weighted by Crippen LogP contribution is -2.17. The molecule has 0 aliphatic carbocycles. The Morgan fingerprint density at radius 3 is 2.38 bits per heavy atom. The molecular formula is C30H27N3O6S. The Balaban J connectivity index is 0.000000355. The molecule has 6 rings (SSSR count). The summed E-state index contributed by atoms with van der Waals surface area (Å²) in [5.41, 5.74) is 4.67. The Hall–Kier alpha value is -4.54. The lowest BCUT2D eigenvalue weighted by Gasteiger charge is -2.11. The maximum atomic E-state index is 13.3. The van der Waals surface area contributed by atoms with Crippen LogP contribution in [0.3, 0.4) is 0 Å². The van der Waals surface area contributed by atoms with Crippen LogP contribution in [-0.2, 0) is 16.1 Å². The highest BCUT2D eigenvalue weighted by atomic mass is 32.1. The lowest BCUT2D eigenvalue weighted by molar-refractivity contribution is -0.134. The first-order chi connectivity index (χ1) is 19.3. The molecule has 4 heterocycles. The second-order valence-corrected chi connectivity index (χ2v) is 10.6. The van der Waals surface area contributed by atoms with Gasteiger partial charge in [-0.15, -0.1) is 11.3 Å². The molecule has 0 saturated carbocycles. The third kappa shape index (κ3) is 6.19. The summed E-state index contributed by atoms with van der Waals surface area (Å²) in [6, 6.07) is 18.3. The summed E-state index contributed by atoms with van der Waals surface area (Å²) in [6.45, 7) is 5.18. The molecule has 9 nitrogen and oxygen atoms in total. The average molecular weight is 558 g/mol. The molecule has 204 valence electrons. The van der Waals surface area contributed by atoms with E-state index in [-0.39, 0.29) is 5.56 Å². The summed E-state index contributed by atoms with van der Waals surface area (Å²) in [6.07, 6.45) is 5.27. The highest BCUT2D eigenvalue weighted by molar-refractivity contribution is 7.22. The van der Waals surface area contributed by atoms with Crippen molar-refractivity contribution in [3.8, 4) is 16.1 Å². The van der Waals surface area contributed by atoms with Crippen molar-refractivity contribution < 1.29 is 24.2 Å². The lowest BCUT2D eigenvalue weighted by atomic mass is 10.1. The molecule has 0 radical (unpaired) electrons. The predicted molar refractivity (Wildman–Crippen MR) is 154 cm³/mol. The molecular weight excluding hydrogens is 530 g/mol. The van der Waals surface area contributed by atoms with Gasteiger partial charge in [-0.05, 0) is 68.8 Å². The number of carboxylic acid groups (broad SMARTS) is 2. The molecule has 1 aliphatic rings. The number of hydrogen-bond donors (Lipinski definition) is 2. The largest absolute Gasteiger partial charge is 0.478 e. The van der Waals surface area contributed by atoms with Gasteiger partial charge in [0.2, 0.25) is 0 Å². The summed E-state index contributed by atoms with van der Waals surface area (Å²) in [5, 5.41) is 16.6. The fraction of sp³-hybridized carbons (Fsp3) is 0.200. The van der Waals surface area contributed by atoms with Crippen molar-refractivity contribution in [2.75, 3.05) is 13.1 Å². The molecule has 1 saturated heterocycles. The second-order valence-electron chi connectivity index (χ2n) is 9.54. The molecule has 0 spiro atoms. The summed E-state index contributed by atoms with van der Waals surface area (Å²) in [5.74, 6) is -1.54. The van der Waals surface area contributed by atoms with E-state index in [0.29, 0.717) is 16.9 Å². The normalized spacial score (nSPS) is 13.6. The molecule has 10 heteroatoms. The highest BCUT2D eigenvalue weighted by Gasteiger charge is 2.16. The Bertz CT molecular complexity index is 1760. The molecule has 2 N–H and O–H groups in total. The van der Waals surface area contributed by atoms with Crippen molar-refractivity contribution in [1.82, 2.24) is 14.5 Å². The van der Waals surface area contributed by atoms with Gasteiger partial charge in [-0.1, -0.05) is 29.8 Å². The molecule has 5 aromatic rings. The molecule has 40 heavy (non-hydrogen) atoms. The van der Waals surface area contributed by atoms with Crippen molar-refractivity contribution in [2.45, 2.75) is 26.3 Å². The van der Waals surface area contributed by atoms with E-state index in [1.807, 2.05) is 24.3 Å². The second kappa shape index (κ2) is 11.7. The molecule has 3 aromatic heterocycles. The zero-order chi connectivity index (χ0) is 28.2. The highest BCUT2D eigenvalue weighted by Crippen LogP contribution is 2.31. The number of benzene rings is 2. The van der Waals surface area contributed by atoms with E-state index < -0.39 is 11.9 Å². The van der Waals surface area contributed by atoms with Gasteiger partial charge < -0.3 is 14.6 Å². The minimum atomic E-state index is -1.26. The topological polar surface area (TPSA) is 126 Å². The van der Waals surface area contributed by atoms with E-state index in [0.717, 1.165) is 58.0 Å². The van der Waals surface area contributed by atoms with E-state index in [1.165, 1.54) is 29.7 Å². The van der Waals surface area contributed by atoms with Gasteiger partial charge in [-0.2, -0.15) is 0 Å². The summed E-state index contributed by atoms with van der Waals surface area (Å²) < 4.78 is 8.34. The van der Waals surface area contributed by atoms with Crippen LogP contribution in [0.1, 0.15) is 24.2 Å². The summed E-state index contributed by atoms with van der Waals surface area (Å²) >= 11 is 1.50. The zero-order valence-corrected chi connectivity index (χ0v) is 22.6. The third-order valence-corrected chi connectivity index (χ3v) is 7.71. The maximum absolute atomic E-state index is 13.3. The standard InChI is InChI=1S/C26H23N3O2S.C4H4O4/c1-17-4-6-18(7-5-17)24-14-22-25(32-24)26(30)29(16-27-22)20-8-9-23-19(12-20)13-21(31-23)15-28-10-2-3-11-28;5-3(6)1-2-4(7)8/h4-9,12-14,16H,2-3,10-11,15H2,1H3;1-2H,(H,5,6)(H,7,8). The average Bonchev–Trinajstić information content (AvgIpc) is 3.68. The summed E-state index contributed by atoms with van der Waals surface area (Å²) in [4.78, 5) is 40.5. The van der Waals surface area contributed by atoms with E-state index in [4.69, 9.17) is 14.6 Å². The molecule has 0 unspecified atom stereocenters. The number of thiophene rings is 1. The van der Waals surface area contributed by atoms with E-state index >= 15 is 0 Å². The first-order valence-corrected chi connectivity index (χ1v) is 13.6. The molecule has 0 atom stereocenters. The van der Waals surface area contributed by atoms with Gasteiger partial charge in [0, 0.05) is 22.4 Å². The number of fused-ring (bicyclic) bond motifs is 2. The molecule has 0 amide bonds. The number of carbonyl (C=O) groups is 2. The van der Waals surface area contributed by atoms with Crippen molar-refractivity contribution >= 4 is 44.5 Å². The van der Waals surface area contributed by atoms with Gasteiger partial charge in [-0.25, -0.2) is 14.6 Å². The Morgan fingerprint density at radius 2 is 1.70 bits per heavy atom. The smallest absolute Gasteiger partial charge is 0.328 e. The number of carboxylic acids is 2. The zero-order valence-electron chi connectivity index (χ0n) is 21.7. The number of furan rings is 1. The maximum Gasteiger partial charge on any atom is 0.328 e. The van der Waals surface area contributed by atoms with Crippen LogP contribution in [0.25, 0.3) is 37.3 Å². The van der Waals surface area contributed by atoms with Gasteiger partial charge in [0.15, 0.2) is 0 Å². The first-order valence-electron chi connectivity index (χ1n) is 12.7. The fourth-order valence-electron chi connectivity index (χ4n) is 4.57. The Labute approximate surface area is 233 Å². The third-order valence-electron chi connectivity index (χ3n) is 6.55. The monoisotopic (exact) mass is 557 g/mol. The Kier molecular flexibility index (Phi) is 7.90. The van der Waals surface area contributed by atoms with Crippen LogP contribution in [0.5, 0.6) is 0 Å². The van der Waals surface area contributed by atoms with Crippen LogP contribution < -0.4 is 5.56 Å². The number of aliphatic carboxylic acids is 2. The number of hydrogen-bond acceptors (Lipinski definition) is 7. The van der Waals surface area contributed by atoms with Gasteiger partial charge in [0.25, 0.3) is 5.56 Å². The van der Waals surface area contributed by atoms with Crippen molar-refractivity contribution in [3.05, 3.63) is 94.8 Å². The van der Waals surface area contributed by atoms with Gasteiger partial charge >= 0.3 is 11.9 Å². The van der Waals surface area contributed by atoms with Crippen molar-refractivity contribution in [3.63, 3.8) is 0 Å². The van der Waals surface area contributed by atoms with E-state index in [9.17, 15) is 14.4 Å². The van der Waals surface area contributed by atoms with Gasteiger partial charge in [0.05, 0.1) is 17.7 Å². The number of rotatable bonds is 6. The van der Waals surface area contributed by atoms with Crippen LogP contribution in [0, 0.1) is 6.92 Å². The van der Waals surface area contributed by atoms with E-state index in [1.54, 1.807) is 10.9 Å². The van der Waals surface area contributed by atoms with Crippen LogP contribution in [-0.4, -0.2) is 49.7 Å². The first kappa shape index (κ1) is 27.0. The van der Waals surface area contributed by atoms with Crippen LogP contribution >= 0.6 is 11.3 Å². The molecule has 1 fully saturated rings. The minimum Gasteiger partial charge on any atom is -0.478 e. The predicted octanol–water partition coefficient (Wildman–Crippen LogP) is 5.48. The fourth-order valence-corrected chi connectivity index (χ4v) is 5.62. The number of likely N-dealkylation sites (tertiary alicyclic amines) is 1. The molecule has 1 aliphatic heterocycles. The number of nitrogens with zero attached hydrogens (tertiary/aromatic N) is 3. The van der Waals surface area contributed by atoms with Crippen molar-refractivity contribution in [1.29, 1.82) is 0 Å². The van der Waals surface area contributed by atoms with Gasteiger partial charge in [-0.3, -0.25) is 14.3 Å². The SMILES string of the molecule is Cc1ccc(-c2cc3ncn(-c4ccc5oc(CN6CCCC6)cc5c4)c(=O)c3s2)cc1.O=C(O)C=CC(=O)O. The number of aryl methyl sites for hydroxylation is 1. The summed E-state index contributed by atoms with van der Waals surface area (Å²) in [7, 11) is 0. The minimum absolute atomic E-state index is 0.0431. The molecule has 0 bridgehead atoms. The van der Waals surface area contributed by atoms with Crippen LogP contribution in [0.15, 0.2) is 82.3 Å². The van der Waals surface area contributed by atoms with Crippen LogP contribution in [0.4, 0.5) is 0 Å². The Morgan fingerprint density at radius 1 is 1.00 bits per heavy atom. The van der Waals surface area contributed by atoms with E-state index in [2.05, 4.69) is 47.1 Å². The van der Waals surface area contributed by atoms with Crippen LogP contribution in [0.2, 0.25) is 0 Å². The quantitative estimate of drug-likeness (QED) is 0.263. The number of aromatic nitrogens is 2. The van der Waals surface area contributed by atoms with Crippen molar-refractivity contribution in [2.24, 2.45) is 0 Å².